The first-order valence-electron chi connectivity index (χ1n) is 9.37. The molecule has 1 aliphatic heterocycles. The van der Waals surface area contributed by atoms with Crippen LogP contribution < -0.4 is 4.74 Å². The summed E-state index contributed by atoms with van der Waals surface area (Å²) in [6, 6.07) is 13.0. The average Bonchev–Trinajstić information content (AvgIpc) is 3.38. The highest BCUT2D eigenvalue weighted by molar-refractivity contribution is 5.89. The Bertz CT molecular complexity index is 982. The Morgan fingerprint density at radius 3 is 2.72 bits per heavy atom. The molecule has 152 valence electrons. The van der Waals surface area contributed by atoms with Crippen molar-refractivity contribution in [1.82, 2.24) is 9.55 Å². The minimum Gasteiger partial charge on any atom is -0.491 e. The molecule has 1 unspecified atom stereocenters. The Labute approximate surface area is 166 Å². The van der Waals surface area contributed by atoms with E-state index < -0.39 is 12.5 Å². The van der Waals surface area contributed by atoms with Crippen LogP contribution >= 0.6 is 0 Å². The number of carbonyl (C=O) groups excluding carboxylic acids is 1. The van der Waals surface area contributed by atoms with Crippen molar-refractivity contribution in [1.29, 1.82) is 0 Å². The molecule has 1 aromatic heterocycles. The second-order valence-electron chi connectivity index (χ2n) is 6.71. The fraction of sp³-hybridized carbons (Fsp3) is 0.333. The van der Waals surface area contributed by atoms with Crippen molar-refractivity contribution in [3.63, 3.8) is 0 Å². The van der Waals surface area contributed by atoms with E-state index in [1.807, 2.05) is 0 Å². The van der Waals surface area contributed by atoms with E-state index in [0.717, 1.165) is 24.0 Å². The Morgan fingerprint density at radius 2 is 2.00 bits per heavy atom. The van der Waals surface area contributed by atoms with Gasteiger partial charge in [0, 0.05) is 6.61 Å². The molecule has 1 fully saturated rings. The number of fused-ring (bicyclic) bond motifs is 1. The lowest BCUT2D eigenvalue weighted by Gasteiger charge is -2.12. The number of nitrogens with zero attached hydrogens (tertiary/aromatic N) is 2. The lowest BCUT2D eigenvalue weighted by Crippen LogP contribution is -2.16. The molecule has 0 saturated carbocycles. The van der Waals surface area contributed by atoms with E-state index in [1.165, 1.54) is 0 Å². The number of esters is 1. The van der Waals surface area contributed by atoms with Gasteiger partial charge in [0.15, 0.2) is 5.82 Å². The van der Waals surface area contributed by atoms with Gasteiger partial charge in [-0.2, -0.15) is 8.78 Å². The highest BCUT2D eigenvalue weighted by atomic mass is 19.3. The smallest absolute Gasteiger partial charge is 0.338 e. The van der Waals surface area contributed by atoms with Crippen LogP contribution in [-0.4, -0.2) is 34.8 Å². The summed E-state index contributed by atoms with van der Waals surface area (Å²) in [5, 5.41) is 0. The fourth-order valence-corrected chi connectivity index (χ4v) is 3.28. The number of hydrogen-bond donors (Lipinski definition) is 0. The van der Waals surface area contributed by atoms with E-state index in [-0.39, 0.29) is 18.5 Å². The molecule has 8 heteroatoms. The number of carbonyl (C=O) groups is 1. The molecule has 1 atom stereocenters. The maximum absolute atomic E-state index is 13.4. The summed E-state index contributed by atoms with van der Waals surface area (Å²) >= 11 is 0. The zero-order valence-corrected chi connectivity index (χ0v) is 15.6. The molecule has 1 saturated heterocycles. The Balaban J connectivity index is 1.38. The molecule has 4 rings (SSSR count). The molecule has 0 spiro atoms. The third-order valence-corrected chi connectivity index (χ3v) is 4.75. The number of alkyl halides is 2. The number of ether oxygens (including phenoxy) is 3. The summed E-state index contributed by atoms with van der Waals surface area (Å²) in [5.41, 5.74) is 1.02. The van der Waals surface area contributed by atoms with Crippen LogP contribution in [-0.2, 0) is 16.1 Å². The van der Waals surface area contributed by atoms with Crippen molar-refractivity contribution in [2.75, 3.05) is 13.2 Å². The van der Waals surface area contributed by atoms with E-state index in [1.54, 1.807) is 48.5 Å². The third-order valence-electron chi connectivity index (χ3n) is 4.75. The van der Waals surface area contributed by atoms with E-state index >= 15 is 0 Å². The summed E-state index contributed by atoms with van der Waals surface area (Å²) in [4.78, 5) is 16.4. The first-order chi connectivity index (χ1) is 14.1. The predicted molar refractivity (Wildman–Crippen MR) is 101 cm³/mol. The van der Waals surface area contributed by atoms with Crippen molar-refractivity contribution in [2.45, 2.75) is 32.1 Å². The fourth-order valence-electron chi connectivity index (χ4n) is 3.28. The summed E-state index contributed by atoms with van der Waals surface area (Å²) in [6.45, 7) is -1.91. The van der Waals surface area contributed by atoms with Crippen LogP contribution in [0.5, 0.6) is 5.75 Å². The van der Waals surface area contributed by atoms with Crippen LogP contribution in [0.25, 0.3) is 11.0 Å². The normalized spacial score (nSPS) is 16.4. The van der Waals surface area contributed by atoms with Crippen LogP contribution in [0.15, 0.2) is 48.5 Å². The van der Waals surface area contributed by atoms with Gasteiger partial charge in [-0.1, -0.05) is 12.1 Å². The predicted octanol–water partition coefficient (Wildman–Crippen LogP) is 4.35. The highest BCUT2D eigenvalue weighted by Gasteiger charge is 2.19. The van der Waals surface area contributed by atoms with Crippen molar-refractivity contribution < 1.29 is 27.8 Å². The molecular formula is C21H20F2N2O4. The van der Waals surface area contributed by atoms with Crippen LogP contribution in [0.3, 0.4) is 0 Å². The molecule has 0 aliphatic carbocycles. The Morgan fingerprint density at radius 1 is 1.21 bits per heavy atom. The number of benzene rings is 2. The molecule has 0 radical (unpaired) electrons. The molecule has 2 aromatic carbocycles. The first kappa shape index (κ1) is 19.3. The number of hydrogen-bond acceptors (Lipinski definition) is 5. The van der Waals surface area contributed by atoms with Gasteiger partial charge < -0.3 is 14.2 Å². The summed E-state index contributed by atoms with van der Waals surface area (Å²) in [7, 11) is 0. The Hall–Kier alpha value is -3.00. The number of rotatable bonds is 7. The van der Waals surface area contributed by atoms with E-state index in [9.17, 15) is 13.6 Å². The van der Waals surface area contributed by atoms with Crippen LogP contribution in [0, 0.1) is 0 Å². The number of halogens is 2. The topological polar surface area (TPSA) is 62.6 Å². The summed E-state index contributed by atoms with van der Waals surface area (Å²) < 4.78 is 44.0. The number of aromatic nitrogens is 2. The van der Waals surface area contributed by atoms with Gasteiger partial charge in [-0.05, 0) is 49.2 Å². The lowest BCUT2D eigenvalue weighted by atomic mass is 10.2. The number of para-hydroxylation sites is 2. The summed E-state index contributed by atoms with van der Waals surface area (Å²) in [5.74, 6) is -0.00819. The van der Waals surface area contributed by atoms with Crippen LogP contribution in [0.1, 0.15) is 35.6 Å². The maximum atomic E-state index is 13.4. The zero-order valence-electron chi connectivity index (χ0n) is 15.6. The monoisotopic (exact) mass is 402 g/mol. The second kappa shape index (κ2) is 8.57. The Kier molecular flexibility index (Phi) is 5.71. The zero-order chi connectivity index (χ0) is 20.2. The van der Waals surface area contributed by atoms with Gasteiger partial charge in [-0.25, -0.2) is 9.78 Å². The molecule has 1 aliphatic rings. The molecule has 3 aromatic rings. The quantitative estimate of drug-likeness (QED) is 0.550. The third kappa shape index (κ3) is 4.37. The van der Waals surface area contributed by atoms with Gasteiger partial charge in [-0.15, -0.1) is 0 Å². The standard InChI is InChI=1S/C21H20F2N2O4/c22-21(23)25-18-6-2-1-5-17(18)24-19(25)13-29-20(26)14-7-9-15(10-8-14)28-12-16-4-3-11-27-16/h1-2,5-10,16,21H,3-4,11-13H2. The molecular weight excluding hydrogens is 382 g/mol. The SMILES string of the molecule is O=C(OCc1nc2ccccc2n1C(F)F)c1ccc(OCC2CCCO2)cc1. The average molecular weight is 402 g/mol. The van der Waals surface area contributed by atoms with E-state index in [4.69, 9.17) is 14.2 Å². The lowest BCUT2D eigenvalue weighted by molar-refractivity contribution is 0.0387. The van der Waals surface area contributed by atoms with Gasteiger partial charge in [0.25, 0.3) is 0 Å². The molecule has 0 N–H and O–H groups in total. The van der Waals surface area contributed by atoms with Crippen molar-refractivity contribution in [3.8, 4) is 5.75 Å². The minimum atomic E-state index is -2.78. The molecule has 6 nitrogen and oxygen atoms in total. The van der Waals surface area contributed by atoms with Crippen molar-refractivity contribution in [3.05, 3.63) is 59.9 Å². The minimum absolute atomic E-state index is 0.00827. The molecule has 0 amide bonds. The van der Waals surface area contributed by atoms with Gasteiger partial charge in [0.05, 0.1) is 22.7 Å². The van der Waals surface area contributed by atoms with Gasteiger partial charge >= 0.3 is 12.5 Å². The molecule has 0 bridgehead atoms. The number of imidazole rings is 1. The van der Waals surface area contributed by atoms with E-state index in [0.29, 0.717) is 29.0 Å². The molecule has 29 heavy (non-hydrogen) atoms. The molecule has 2 heterocycles. The largest absolute Gasteiger partial charge is 0.491 e. The highest BCUT2D eigenvalue weighted by Crippen LogP contribution is 2.24. The van der Waals surface area contributed by atoms with Crippen molar-refractivity contribution >= 4 is 17.0 Å². The van der Waals surface area contributed by atoms with E-state index in [2.05, 4.69) is 4.98 Å². The summed E-state index contributed by atoms with van der Waals surface area (Å²) in [6.07, 6.45) is 2.13. The maximum Gasteiger partial charge on any atom is 0.338 e. The van der Waals surface area contributed by atoms with Crippen molar-refractivity contribution in [2.24, 2.45) is 0 Å². The van der Waals surface area contributed by atoms with Gasteiger partial charge in [0.1, 0.15) is 19.0 Å². The van der Waals surface area contributed by atoms with Gasteiger partial charge in [-0.3, -0.25) is 4.57 Å². The second-order valence-corrected chi connectivity index (χ2v) is 6.71. The van der Waals surface area contributed by atoms with Crippen LogP contribution in [0.4, 0.5) is 8.78 Å². The van der Waals surface area contributed by atoms with Gasteiger partial charge in [0.2, 0.25) is 0 Å². The first-order valence-corrected chi connectivity index (χ1v) is 9.37. The van der Waals surface area contributed by atoms with Crippen LogP contribution in [0.2, 0.25) is 0 Å².